The number of pyridine rings is 1. The van der Waals surface area contributed by atoms with Crippen LogP contribution in [0.4, 0.5) is 8.78 Å². The highest BCUT2D eigenvalue weighted by atomic mass is 19.1. The second-order valence-electron chi connectivity index (χ2n) is 5.91. The molecule has 0 aliphatic carbocycles. The number of aryl methyl sites for hydroxylation is 1. The molecule has 1 N–H and O–H groups in total. The molecule has 3 aromatic rings. The molecule has 5 heteroatoms. The van der Waals surface area contributed by atoms with E-state index in [1.54, 1.807) is 12.1 Å². The van der Waals surface area contributed by atoms with E-state index in [1.165, 1.54) is 18.3 Å². The first-order chi connectivity index (χ1) is 12.6. The molecular formula is C21H18F2N2O. The number of aromatic nitrogens is 1. The SMILES string of the molecule is O=C(NCCCc1ccc(-c2ccccc2F)cc1)c1ccc(F)nc1. The van der Waals surface area contributed by atoms with Gasteiger partial charge in [0.2, 0.25) is 5.95 Å². The van der Waals surface area contributed by atoms with Crippen molar-refractivity contribution in [3.63, 3.8) is 0 Å². The Kier molecular flexibility index (Phi) is 5.69. The van der Waals surface area contributed by atoms with Gasteiger partial charge in [-0.25, -0.2) is 9.37 Å². The molecule has 0 aliphatic rings. The van der Waals surface area contributed by atoms with E-state index in [1.807, 2.05) is 30.3 Å². The highest BCUT2D eigenvalue weighted by Gasteiger charge is 2.06. The number of rotatable bonds is 6. The lowest BCUT2D eigenvalue weighted by molar-refractivity contribution is 0.0952. The van der Waals surface area contributed by atoms with Gasteiger partial charge in [0.05, 0.1) is 5.56 Å². The van der Waals surface area contributed by atoms with Crippen molar-refractivity contribution < 1.29 is 13.6 Å². The Morgan fingerprint density at radius 3 is 2.42 bits per heavy atom. The molecule has 0 unspecified atom stereocenters. The summed E-state index contributed by atoms with van der Waals surface area (Å²) in [7, 11) is 0. The van der Waals surface area contributed by atoms with Crippen LogP contribution in [0, 0.1) is 11.8 Å². The number of carbonyl (C=O) groups is 1. The van der Waals surface area contributed by atoms with Crippen molar-refractivity contribution in [3.8, 4) is 11.1 Å². The molecule has 0 spiro atoms. The number of hydrogen-bond acceptors (Lipinski definition) is 2. The van der Waals surface area contributed by atoms with Gasteiger partial charge in [-0.15, -0.1) is 0 Å². The quantitative estimate of drug-likeness (QED) is 0.528. The monoisotopic (exact) mass is 352 g/mol. The third-order valence-corrected chi connectivity index (χ3v) is 4.06. The zero-order valence-corrected chi connectivity index (χ0v) is 14.1. The zero-order valence-electron chi connectivity index (χ0n) is 14.1. The molecule has 0 saturated carbocycles. The van der Waals surface area contributed by atoms with E-state index in [0.29, 0.717) is 17.7 Å². The van der Waals surface area contributed by atoms with E-state index in [0.717, 1.165) is 30.0 Å². The Labute approximate surface area is 150 Å². The number of benzene rings is 2. The van der Waals surface area contributed by atoms with E-state index < -0.39 is 5.95 Å². The molecule has 0 bridgehead atoms. The maximum Gasteiger partial charge on any atom is 0.252 e. The van der Waals surface area contributed by atoms with Crippen molar-refractivity contribution in [3.05, 3.63) is 89.8 Å². The summed E-state index contributed by atoms with van der Waals surface area (Å²) < 4.78 is 26.5. The first kappa shape index (κ1) is 17.7. The molecule has 1 heterocycles. The van der Waals surface area contributed by atoms with Crippen molar-refractivity contribution >= 4 is 5.91 Å². The predicted octanol–water partition coefficient (Wildman–Crippen LogP) is 4.39. The minimum atomic E-state index is -0.611. The Bertz CT molecular complexity index is 877. The maximum atomic E-state index is 13.8. The second-order valence-corrected chi connectivity index (χ2v) is 5.91. The van der Waals surface area contributed by atoms with Crippen LogP contribution in [0.1, 0.15) is 22.3 Å². The van der Waals surface area contributed by atoms with Crippen LogP contribution in [0.5, 0.6) is 0 Å². The van der Waals surface area contributed by atoms with Gasteiger partial charge >= 0.3 is 0 Å². The minimum Gasteiger partial charge on any atom is -0.352 e. The lowest BCUT2D eigenvalue weighted by Gasteiger charge is -2.07. The molecule has 0 saturated heterocycles. The lowest BCUT2D eigenvalue weighted by Crippen LogP contribution is -2.24. The van der Waals surface area contributed by atoms with Gasteiger partial charge in [-0.05, 0) is 42.2 Å². The van der Waals surface area contributed by atoms with Gasteiger partial charge in [-0.1, -0.05) is 42.5 Å². The Balaban J connectivity index is 1.49. The topological polar surface area (TPSA) is 42.0 Å². The van der Waals surface area contributed by atoms with Gasteiger partial charge in [0.25, 0.3) is 5.91 Å². The number of nitrogens with zero attached hydrogens (tertiary/aromatic N) is 1. The number of carbonyl (C=O) groups excluding carboxylic acids is 1. The van der Waals surface area contributed by atoms with Crippen molar-refractivity contribution in [2.24, 2.45) is 0 Å². The minimum absolute atomic E-state index is 0.238. The van der Waals surface area contributed by atoms with Crippen LogP contribution in [-0.4, -0.2) is 17.4 Å². The lowest BCUT2D eigenvalue weighted by atomic mass is 10.0. The normalized spacial score (nSPS) is 10.5. The van der Waals surface area contributed by atoms with E-state index in [2.05, 4.69) is 10.3 Å². The Morgan fingerprint density at radius 2 is 1.73 bits per heavy atom. The summed E-state index contributed by atoms with van der Waals surface area (Å²) in [6.07, 6.45) is 2.77. The molecule has 3 rings (SSSR count). The average molecular weight is 352 g/mol. The summed E-state index contributed by atoms with van der Waals surface area (Å²) in [6, 6.07) is 17.0. The molecule has 0 radical (unpaired) electrons. The maximum absolute atomic E-state index is 13.8. The molecule has 2 aromatic carbocycles. The summed E-state index contributed by atoms with van der Waals surface area (Å²) in [4.78, 5) is 15.4. The number of amides is 1. The van der Waals surface area contributed by atoms with Crippen molar-refractivity contribution in [1.82, 2.24) is 10.3 Å². The number of nitrogens with one attached hydrogen (secondary N) is 1. The van der Waals surface area contributed by atoms with Gasteiger partial charge in [-0.3, -0.25) is 4.79 Å². The van der Waals surface area contributed by atoms with Gasteiger partial charge in [-0.2, -0.15) is 4.39 Å². The van der Waals surface area contributed by atoms with Crippen LogP contribution in [0.3, 0.4) is 0 Å². The van der Waals surface area contributed by atoms with E-state index in [4.69, 9.17) is 0 Å². The fourth-order valence-electron chi connectivity index (χ4n) is 2.65. The fraction of sp³-hybridized carbons (Fsp3) is 0.143. The average Bonchev–Trinajstić information content (AvgIpc) is 2.67. The first-order valence-corrected chi connectivity index (χ1v) is 8.37. The van der Waals surface area contributed by atoms with Gasteiger partial charge in [0.15, 0.2) is 0 Å². The van der Waals surface area contributed by atoms with Gasteiger partial charge < -0.3 is 5.32 Å². The molecular weight excluding hydrogens is 334 g/mol. The molecule has 26 heavy (non-hydrogen) atoms. The highest BCUT2D eigenvalue weighted by Crippen LogP contribution is 2.23. The van der Waals surface area contributed by atoms with E-state index in [-0.39, 0.29) is 11.7 Å². The zero-order chi connectivity index (χ0) is 18.4. The van der Waals surface area contributed by atoms with Crippen LogP contribution in [0.2, 0.25) is 0 Å². The molecule has 1 aromatic heterocycles. The highest BCUT2D eigenvalue weighted by molar-refractivity contribution is 5.93. The molecule has 1 amide bonds. The van der Waals surface area contributed by atoms with Gasteiger partial charge in [0.1, 0.15) is 5.82 Å². The largest absolute Gasteiger partial charge is 0.352 e. The van der Waals surface area contributed by atoms with Gasteiger partial charge in [0, 0.05) is 18.3 Å². The van der Waals surface area contributed by atoms with E-state index in [9.17, 15) is 13.6 Å². The fourth-order valence-corrected chi connectivity index (χ4v) is 2.65. The number of halogens is 2. The van der Waals surface area contributed by atoms with Crippen molar-refractivity contribution in [2.45, 2.75) is 12.8 Å². The summed E-state index contributed by atoms with van der Waals surface area (Å²) in [5.41, 5.74) is 2.87. The Morgan fingerprint density at radius 1 is 0.962 bits per heavy atom. The molecule has 132 valence electrons. The summed E-state index contributed by atoms with van der Waals surface area (Å²) >= 11 is 0. The molecule has 0 atom stereocenters. The molecule has 0 aliphatic heterocycles. The third kappa shape index (κ3) is 4.51. The van der Waals surface area contributed by atoms with Crippen molar-refractivity contribution in [1.29, 1.82) is 0 Å². The predicted molar refractivity (Wildman–Crippen MR) is 96.7 cm³/mol. The van der Waals surface area contributed by atoms with Crippen molar-refractivity contribution in [2.75, 3.05) is 6.54 Å². The molecule has 3 nitrogen and oxygen atoms in total. The van der Waals surface area contributed by atoms with Crippen LogP contribution >= 0.6 is 0 Å². The Hall–Kier alpha value is -3.08. The summed E-state index contributed by atoms with van der Waals surface area (Å²) in [5, 5.41) is 2.78. The smallest absolute Gasteiger partial charge is 0.252 e. The summed E-state index contributed by atoms with van der Waals surface area (Å²) in [5.74, 6) is -1.12. The van der Waals surface area contributed by atoms with Crippen LogP contribution in [0.15, 0.2) is 66.9 Å². The van der Waals surface area contributed by atoms with Crippen LogP contribution in [-0.2, 0) is 6.42 Å². The first-order valence-electron chi connectivity index (χ1n) is 8.37. The standard InChI is InChI=1S/C21H18F2N2O/c22-19-6-2-1-5-18(19)16-9-7-15(8-10-16)4-3-13-24-21(26)17-11-12-20(23)25-14-17/h1-2,5-12,14H,3-4,13H2,(H,24,26). The summed E-state index contributed by atoms with van der Waals surface area (Å²) in [6.45, 7) is 0.505. The molecule has 0 fully saturated rings. The van der Waals surface area contributed by atoms with Crippen LogP contribution in [0.25, 0.3) is 11.1 Å². The number of hydrogen-bond donors (Lipinski definition) is 1. The van der Waals surface area contributed by atoms with Crippen LogP contribution < -0.4 is 5.32 Å². The third-order valence-electron chi connectivity index (χ3n) is 4.06. The second kappa shape index (κ2) is 8.34. The van der Waals surface area contributed by atoms with E-state index >= 15 is 0 Å².